The van der Waals surface area contributed by atoms with Crippen LogP contribution in [0.15, 0.2) is 42.0 Å². The van der Waals surface area contributed by atoms with E-state index in [2.05, 4.69) is 5.32 Å². The van der Waals surface area contributed by atoms with Gasteiger partial charge >= 0.3 is 12.1 Å². The molecule has 5 nitrogen and oxygen atoms in total. The van der Waals surface area contributed by atoms with E-state index in [1.54, 1.807) is 33.8 Å². The number of rotatable bonds is 4. The van der Waals surface area contributed by atoms with E-state index < -0.39 is 17.8 Å². The number of cyclic esters (lactones) is 1. The molecule has 1 N–H and O–H groups in total. The topological polar surface area (TPSA) is 64.6 Å². The second-order valence-corrected chi connectivity index (χ2v) is 6.66. The molecule has 1 heterocycles. The van der Waals surface area contributed by atoms with E-state index in [9.17, 15) is 9.59 Å². The van der Waals surface area contributed by atoms with Crippen LogP contribution in [0.5, 0.6) is 0 Å². The molecule has 2 rings (SSSR count). The van der Waals surface area contributed by atoms with Crippen molar-refractivity contribution in [3.05, 3.63) is 47.5 Å². The predicted octanol–water partition coefficient (Wildman–Crippen LogP) is 2.99. The van der Waals surface area contributed by atoms with E-state index in [0.29, 0.717) is 12.0 Å². The van der Waals surface area contributed by atoms with Gasteiger partial charge in [0.15, 0.2) is 0 Å². The van der Waals surface area contributed by atoms with Gasteiger partial charge in [-0.05, 0) is 45.8 Å². The Morgan fingerprint density at radius 3 is 2.48 bits per heavy atom. The third-order valence-corrected chi connectivity index (χ3v) is 3.38. The van der Waals surface area contributed by atoms with E-state index in [4.69, 9.17) is 9.47 Å². The monoisotopic (exact) mass is 317 g/mol. The molecule has 1 aliphatic heterocycles. The first-order chi connectivity index (χ1) is 10.7. The Hall–Kier alpha value is -2.30. The van der Waals surface area contributed by atoms with Crippen molar-refractivity contribution in [2.75, 3.05) is 0 Å². The van der Waals surface area contributed by atoms with Crippen LogP contribution < -0.4 is 5.32 Å². The molecule has 1 aromatic rings. The average molecular weight is 317 g/mol. The smallest absolute Gasteiger partial charge is 0.408 e. The SMILES string of the molecule is CC1=CC([C@H](Cc2ccccc2)NC(=O)OC(C)(C)C)OC1=O. The largest absolute Gasteiger partial charge is 0.453 e. The van der Waals surface area contributed by atoms with Crippen LogP contribution in [0.3, 0.4) is 0 Å². The third kappa shape index (κ3) is 5.13. The summed E-state index contributed by atoms with van der Waals surface area (Å²) in [6, 6.07) is 9.35. The first-order valence-corrected chi connectivity index (χ1v) is 7.67. The lowest BCUT2D eigenvalue weighted by Gasteiger charge is -2.26. The number of amides is 1. The lowest BCUT2D eigenvalue weighted by molar-refractivity contribution is -0.140. The Morgan fingerprint density at radius 1 is 1.30 bits per heavy atom. The Labute approximate surface area is 136 Å². The molecular formula is C18H23NO4. The van der Waals surface area contributed by atoms with E-state index in [-0.39, 0.29) is 12.0 Å². The molecule has 0 saturated carbocycles. The highest BCUT2D eigenvalue weighted by Gasteiger charge is 2.32. The summed E-state index contributed by atoms with van der Waals surface area (Å²) in [5.74, 6) is -0.348. The number of carbonyl (C=O) groups excluding carboxylic acids is 2. The highest BCUT2D eigenvalue weighted by Crippen LogP contribution is 2.19. The van der Waals surface area contributed by atoms with Gasteiger partial charge < -0.3 is 14.8 Å². The molecule has 0 fully saturated rings. The molecule has 5 heteroatoms. The van der Waals surface area contributed by atoms with Crippen LogP contribution in [0.25, 0.3) is 0 Å². The highest BCUT2D eigenvalue weighted by atomic mass is 16.6. The van der Waals surface area contributed by atoms with Crippen molar-refractivity contribution >= 4 is 12.1 Å². The van der Waals surface area contributed by atoms with Crippen LogP contribution in [-0.4, -0.2) is 29.8 Å². The molecule has 23 heavy (non-hydrogen) atoms. The fourth-order valence-electron chi connectivity index (χ4n) is 2.34. The number of carbonyl (C=O) groups is 2. The van der Waals surface area contributed by atoms with Gasteiger partial charge in [-0.2, -0.15) is 0 Å². The molecule has 124 valence electrons. The number of alkyl carbamates (subject to hydrolysis) is 1. The van der Waals surface area contributed by atoms with E-state index in [0.717, 1.165) is 5.56 Å². The molecule has 1 aromatic carbocycles. The standard InChI is InChI=1S/C18H23NO4/c1-12-10-15(22-16(12)20)14(11-13-8-6-5-7-9-13)19-17(21)23-18(2,3)4/h5-10,14-15H,11H2,1-4H3,(H,19,21)/t14-,15?/m0/s1. The van der Waals surface area contributed by atoms with Crippen molar-refractivity contribution in [1.82, 2.24) is 5.32 Å². The van der Waals surface area contributed by atoms with Crippen molar-refractivity contribution in [2.45, 2.75) is 51.9 Å². The third-order valence-electron chi connectivity index (χ3n) is 3.38. The van der Waals surface area contributed by atoms with E-state index >= 15 is 0 Å². The Balaban J connectivity index is 2.12. The van der Waals surface area contributed by atoms with Gasteiger partial charge in [0.2, 0.25) is 0 Å². The summed E-state index contributed by atoms with van der Waals surface area (Å²) in [4.78, 5) is 23.7. The molecule has 1 unspecified atom stereocenters. The van der Waals surface area contributed by atoms with E-state index in [1.165, 1.54) is 0 Å². The van der Waals surface area contributed by atoms with Crippen molar-refractivity contribution in [1.29, 1.82) is 0 Å². The molecule has 2 atom stereocenters. The first kappa shape index (κ1) is 17.1. The van der Waals surface area contributed by atoms with Crippen molar-refractivity contribution in [3.8, 4) is 0 Å². The maximum atomic E-state index is 12.1. The minimum atomic E-state index is -0.584. The predicted molar refractivity (Wildman–Crippen MR) is 86.9 cm³/mol. The zero-order valence-corrected chi connectivity index (χ0v) is 14.0. The number of hydrogen-bond acceptors (Lipinski definition) is 4. The average Bonchev–Trinajstić information content (AvgIpc) is 2.77. The Kier molecular flexibility index (Phi) is 5.08. The zero-order chi connectivity index (χ0) is 17.0. The maximum absolute atomic E-state index is 12.1. The normalized spacial score (nSPS) is 18.9. The van der Waals surface area contributed by atoms with Gasteiger partial charge in [-0.25, -0.2) is 9.59 Å². The van der Waals surface area contributed by atoms with Gasteiger partial charge in [0.05, 0.1) is 6.04 Å². The molecule has 0 radical (unpaired) electrons. The fourth-order valence-corrected chi connectivity index (χ4v) is 2.34. The van der Waals surface area contributed by atoms with E-state index in [1.807, 2.05) is 30.3 Å². The van der Waals surface area contributed by atoms with Crippen LogP contribution in [0, 0.1) is 0 Å². The second-order valence-electron chi connectivity index (χ2n) is 6.66. The number of nitrogens with one attached hydrogen (secondary N) is 1. The van der Waals surface area contributed by atoms with Gasteiger partial charge in [-0.3, -0.25) is 0 Å². The molecule has 0 aliphatic carbocycles. The quantitative estimate of drug-likeness (QED) is 0.867. The number of hydrogen-bond donors (Lipinski definition) is 1. The summed E-state index contributed by atoms with van der Waals surface area (Å²) in [5.41, 5.74) is 1.01. The maximum Gasteiger partial charge on any atom is 0.408 e. The van der Waals surface area contributed by atoms with Crippen LogP contribution >= 0.6 is 0 Å². The molecular weight excluding hydrogens is 294 g/mol. The molecule has 0 saturated heterocycles. The minimum absolute atomic E-state index is 0.348. The minimum Gasteiger partial charge on any atom is -0.453 e. The lowest BCUT2D eigenvalue weighted by atomic mass is 10.0. The molecule has 1 aliphatic rings. The second kappa shape index (κ2) is 6.86. The van der Waals surface area contributed by atoms with Gasteiger partial charge in [-0.15, -0.1) is 0 Å². The van der Waals surface area contributed by atoms with Gasteiger partial charge in [-0.1, -0.05) is 30.3 Å². The number of esters is 1. The van der Waals surface area contributed by atoms with Gasteiger partial charge in [0, 0.05) is 5.57 Å². The van der Waals surface area contributed by atoms with Crippen LogP contribution in [0.4, 0.5) is 4.79 Å². The summed E-state index contributed by atoms with van der Waals surface area (Å²) in [6.45, 7) is 7.12. The first-order valence-electron chi connectivity index (χ1n) is 7.67. The summed E-state index contributed by atoms with van der Waals surface area (Å²) >= 11 is 0. The van der Waals surface area contributed by atoms with Gasteiger partial charge in [0.25, 0.3) is 0 Å². The molecule has 0 aromatic heterocycles. The lowest BCUT2D eigenvalue weighted by Crippen LogP contribution is -2.46. The zero-order valence-electron chi connectivity index (χ0n) is 14.0. The van der Waals surface area contributed by atoms with Crippen LogP contribution in [0.1, 0.15) is 33.3 Å². The molecule has 0 spiro atoms. The summed E-state index contributed by atoms with van der Waals surface area (Å²) in [7, 11) is 0. The van der Waals surface area contributed by atoms with Crippen molar-refractivity contribution in [3.63, 3.8) is 0 Å². The summed E-state index contributed by atoms with van der Waals surface area (Å²) in [5, 5.41) is 2.82. The summed E-state index contributed by atoms with van der Waals surface area (Å²) < 4.78 is 10.6. The number of benzene rings is 1. The molecule has 0 bridgehead atoms. The van der Waals surface area contributed by atoms with Crippen molar-refractivity contribution in [2.24, 2.45) is 0 Å². The number of ether oxygens (including phenoxy) is 2. The molecule has 1 amide bonds. The van der Waals surface area contributed by atoms with Crippen LogP contribution in [-0.2, 0) is 20.7 Å². The Bertz CT molecular complexity index is 601. The van der Waals surface area contributed by atoms with Gasteiger partial charge in [0.1, 0.15) is 11.7 Å². The van der Waals surface area contributed by atoms with Crippen LogP contribution in [0.2, 0.25) is 0 Å². The fraction of sp³-hybridized carbons (Fsp3) is 0.444. The highest BCUT2D eigenvalue weighted by molar-refractivity contribution is 5.90. The van der Waals surface area contributed by atoms with Crippen molar-refractivity contribution < 1.29 is 19.1 Å². The summed E-state index contributed by atoms with van der Waals surface area (Å²) in [6.07, 6.45) is 1.28. The Morgan fingerprint density at radius 2 is 1.96 bits per heavy atom.